The molecule has 1 aromatic carbocycles. The number of hydrogen-bond donors (Lipinski definition) is 4. The fourth-order valence-electron chi connectivity index (χ4n) is 1.47. The summed E-state index contributed by atoms with van der Waals surface area (Å²) < 4.78 is 0. The first kappa shape index (κ1) is 9.61. The van der Waals surface area contributed by atoms with E-state index in [1.807, 2.05) is 30.3 Å². The lowest BCUT2D eigenvalue weighted by molar-refractivity contribution is 0.491. The summed E-state index contributed by atoms with van der Waals surface area (Å²) in [6, 6.07) is 7.42. The third kappa shape index (κ3) is 1.80. The van der Waals surface area contributed by atoms with Crippen LogP contribution in [0.3, 0.4) is 0 Å². The normalized spacial score (nSPS) is 24.5. The van der Waals surface area contributed by atoms with Gasteiger partial charge in [0.15, 0.2) is 0 Å². The number of dihydropyridines is 1. The summed E-state index contributed by atoms with van der Waals surface area (Å²) >= 11 is 0. The summed E-state index contributed by atoms with van der Waals surface area (Å²) in [4.78, 5) is 0. The zero-order chi connectivity index (χ0) is 10.9. The minimum Gasteiger partial charge on any atom is -0.399 e. The molecule has 4 heteroatoms. The van der Waals surface area contributed by atoms with Crippen molar-refractivity contribution in [2.45, 2.75) is 5.66 Å². The maximum Gasteiger partial charge on any atom is 0.131 e. The van der Waals surface area contributed by atoms with Gasteiger partial charge in [-0.15, -0.1) is 0 Å². The van der Waals surface area contributed by atoms with Gasteiger partial charge in [-0.3, -0.25) is 0 Å². The molecule has 0 saturated heterocycles. The summed E-state index contributed by atoms with van der Waals surface area (Å²) in [6.45, 7) is 0. The Bertz CT molecular complexity index is 419. The average Bonchev–Trinajstić information content (AvgIpc) is 2.24. The average molecular weight is 202 g/mol. The van der Waals surface area contributed by atoms with Gasteiger partial charge in [-0.1, -0.05) is 12.1 Å². The van der Waals surface area contributed by atoms with Gasteiger partial charge >= 0.3 is 0 Å². The Kier molecular flexibility index (Phi) is 2.13. The first-order valence-electron chi connectivity index (χ1n) is 4.68. The molecule has 0 aliphatic carbocycles. The Morgan fingerprint density at radius 1 is 1.07 bits per heavy atom. The molecule has 0 spiro atoms. The van der Waals surface area contributed by atoms with E-state index in [2.05, 4.69) is 5.32 Å². The smallest absolute Gasteiger partial charge is 0.131 e. The van der Waals surface area contributed by atoms with Crippen molar-refractivity contribution in [3.8, 4) is 0 Å². The molecular weight excluding hydrogens is 188 g/mol. The topological polar surface area (TPSA) is 90.1 Å². The van der Waals surface area contributed by atoms with E-state index in [0.717, 1.165) is 11.3 Å². The fourth-order valence-corrected chi connectivity index (χ4v) is 1.47. The summed E-state index contributed by atoms with van der Waals surface area (Å²) in [6.07, 6.45) is 5.30. The van der Waals surface area contributed by atoms with E-state index < -0.39 is 5.66 Å². The molecule has 78 valence electrons. The molecule has 1 aromatic rings. The molecule has 7 N–H and O–H groups in total. The largest absolute Gasteiger partial charge is 0.399 e. The SMILES string of the molecule is NC1=CNC(N)(c2ccc(N)cc2)C=C1. The van der Waals surface area contributed by atoms with Crippen molar-refractivity contribution in [2.75, 3.05) is 5.73 Å². The van der Waals surface area contributed by atoms with Gasteiger partial charge in [0.05, 0.1) is 0 Å². The zero-order valence-corrected chi connectivity index (χ0v) is 8.27. The molecule has 15 heavy (non-hydrogen) atoms. The van der Waals surface area contributed by atoms with Crippen molar-refractivity contribution >= 4 is 5.69 Å². The number of nitrogens with one attached hydrogen (secondary N) is 1. The molecule has 0 fully saturated rings. The highest BCUT2D eigenvalue weighted by Gasteiger charge is 2.24. The maximum absolute atomic E-state index is 6.15. The van der Waals surface area contributed by atoms with Crippen LogP contribution in [-0.4, -0.2) is 0 Å². The number of hydrogen-bond acceptors (Lipinski definition) is 4. The Hall–Kier alpha value is -1.94. The standard InChI is InChI=1S/C11H14N4/c12-9-3-1-8(2-4-9)11(14)6-5-10(13)7-15-11/h1-7,15H,12-14H2. The molecule has 0 radical (unpaired) electrons. The molecular formula is C11H14N4. The van der Waals surface area contributed by atoms with Crippen LogP contribution in [0.25, 0.3) is 0 Å². The van der Waals surface area contributed by atoms with E-state index in [-0.39, 0.29) is 0 Å². The molecule has 1 aliphatic heterocycles. The minimum absolute atomic E-state index is 0.659. The second-order valence-electron chi connectivity index (χ2n) is 3.61. The molecule has 2 rings (SSSR count). The Labute approximate surface area is 88.4 Å². The van der Waals surface area contributed by atoms with Gasteiger partial charge in [-0.25, -0.2) is 0 Å². The molecule has 0 aromatic heterocycles. The monoisotopic (exact) mass is 202 g/mol. The van der Waals surface area contributed by atoms with E-state index >= 15 is 0 Å². The van der Waals surface area contributed by atoms with E-state index in [1.165, 1.54) is 0 Å². The van der Waals surface area contributed by atoms with Crippen LogP contribution >= 0.6 is 0 Å². The molecule has 1 atom stereocenters. The van der Waals surface area contributed by atoms with Crippen molar-refractivity contribution in [3.05, 3.63) is 53.9 Å². The van der Waals surface area contributed by atoms with Crippen LogP contribution in [0.15, 0.2) is 48.3 Å². The highest BCUT2D eigenvalue weighted by Crippen LogP contribution is 2.21. The lowest BCUT2D eigenvalue weighted by Gasteiger charge is -2.29. The van der Waals surface area contributed by atoms with E-state index in [4.69, 9.17) is 17.2 Å². The molecule has 0 saturated carbocycles. The second kappa shape index (κ2) is 3.33. The third-order valence-corrected chi connectivity index (χ3v) is 2.40. The van der Waals surface area contributed by atoms with Gasteiger partial charge in [-0.2, -0.15) is 0 Å². The Morgan fingerprint density at radius 3 is 2.27 bits per heavy atom. The van der Waals surface area contributed by atoms with Crippen LogP contribution in [0.1, 0.15) is 5.56 Å². The number of allylic oxidation sites excluding steroid dienone is 1. The Balaban J connectivity index is 2.32. The van der Waals surface area contributed by atoms with Crippen LogP contribution in [0.5, 0.6) is 0 Å². The predicted octanol–water partition coefficient (Wildman–Crippen LogP) is 0.340. The second-order valence-corrected chi connectivity index (χ2v) is 3.61. The first-order valence-corrected chi connectivity index (χ1v) is 4.68. The Morgan fingerprint density at radius 2 is 1.73 bits per heavy atom. The van der Waals surface area contributed by atoms with Crippen LogP contribution < -0.4 is 22.5 Å². The van der Waals surface area contributed by atoms with Crippen molar-refractivity contribution in [3.63, 3.8) is 0 Å². The maximum atomic E-state index is 6.15. The number of anilines is 1. The third-order valence-electron chi connectivity index (χ3n) is 2.40. The van der Waals surface area contributed by atoms with E-state index in [9.17, 15) is 0 Å². The number of nitrogens with two attached hydrogens (primary N) is 3. The summed E-state index contributed by atoms with van der Waals surface area (Å²) in [5.41, 5.74) is 19.0. The van der Waals surface area contributed by atoms with Crippen LogP contribution in [-0.2, 0) is 5.66 Å². The molecule has 4 nitrogen and oxygen atoms in total. The number of nitrogen functional groups attached to an aromatic ring is 1. The molecule has 1 aliphatic rings. The molecule has 1 heterocycles. The molecule has 0 amide bonds. The number of benzene rings is 1. The van der Waals surface area contributed by atoms with Crippen molar-refractivity contribution in [2.24, 2.45) is 11.5 Å². The summed E-state index contributed by atoms with van der Waals surface area (Å²) in [5.74, 6) is 0. The molecule has 1 unspecified atom stereocenters. The fraction of sp³-hybridized carbons (Fsp3) is 0.0909. The van der Waals surface area contributed by atoms with Gasteiger partial charge in [0, 0.05) is 17.6 Å². The first-order chi connectivity index (χ1) is 7.10. The predicted molar refractivity (Wildman–Crippen MR) is 61.3 cm³/mol. The lowest BCUT2D eigenvalue weighted by Crippen LogP contribution is -2.48. The number of rotatable bonds is 1. The summed E-state index contributed by atoms with van der Waals surface area (Å²) in [5, 5.41) is 3.04. The van der Waals surface area contributed by atoms with Crippen molar-refractivity contribution in [1.29, 1.82) is 0 Å². The van der Waals surface area contributed by atoms with Crippen molar-refractivity contribution in [1.82, 2.24) is 5.32 Å². The summed E-state index contributed by atoms with van der Waals surface area (Å²) in [7, 11) is 0. The minimum atomic E-state index is -0.698. The van der Waals surface area contributed by atoms with Crippen LogP contribution in [0.2, 0.25) is 0 Å². The highest BCUT2D eigenvalue weighted by molar-refractivity contribution is 5.43. The van der Waals surface area contributed by atoms with Gasteiger partial charge < -0.3 is 22.5 Å². The van der Waals surface area contributed by atoms with Crippen molar-refractivity contribution < 1.29 is 0 Å². The van der Waals surface area contributed by atoms with Gasteiger partial charge in [0.1, 0.15) is 5.66 Å². The zero-order valence-electron chi connectivity index (χ0n) is 8.27. The van der Waals surface area contributed by atoms with Crippen LogP contribution in [0, 0.1) is 0 Å². The lowest BCUT2D eigenvalue weighted by atomic mass is 9.97. The van der Waals surface area contributed by atoms with E-state index in [1.54, 1.807) is 12.3 Å². The van der Waals surface area contributed by atoms with Crippen LogP contribution in [0.4, 0.5) is 5.69 Å². The van der Waals surface area contributed by atoms with Gasteiger partial charge in [-0.05, 0) is 29.8 Å². The quantitative estimate of drug-likeness (QED) is 0.494. The highest BCUT2D eigenvalue weighted by atomic mass is 15.1. The van der Waals surface area contributed by atoms with Gasteiger partial charge in [0.2, 0.25) is 0 Å². The molecule has 0 bridgehead atoms. The van der Waals surface area contributed by atoms with Gasteiger partial charge in [0.25, 0.3) is 0 Å². The van der Waals surface area contributed by atoms with E-state index in [0.29, 0.717) is 5.70 Å².